The van der Waals surface area contributed by atoms with E-state index >= 15 is 0 Å². The topological polar surface area (TPSA) is 90.4 Å². The maximum Gasteiger partial charge on any atom is 0.381 e. The monoisotopic (exact) mass is 317 g/mol. The third kappa shape index (κ3) is 3.75. The van der Waals surface area contributed by atoms with Gasteiger partial charge < -0.3 is 24.5 Å². The van der Waals surface area contributed by atoms with E-state index in [1.54, 1.807) is 0 Å². The standard InChI is InChI=1S/C16H19N3O4/c20-13(8-18-9-16(17-11-18)19(21)22)10-23-15-7-3-5-12-4-1-2-6-14(12)15/h1-2,4,6,9,11,13,15,20H,3,5,7-8,10H2/t13-,15-/m1/s1. The smallest absolute Gasteiger partial charge is 0.381 e. The Morgan fingerprint density at radius 3 is 3.09 bits per heavy atom. The maximum atomic E-state index is 10.6. The molecule has 0 saturated heterocycles. The summed E-state index contributed by atoms with van der Waals surface area (Å²) in [5.41, 5.74) is 2.51. The Morgan fingerprint density at radius 2 is 2.30 bits per heavy atom. The van der Waals surface area contributed by atoms with Crippen LogP contribution in [0, 0.1) is 10.1 Å². The lowest BCUT2D eigenvalue weighted by Crippen LogP contribution is -2.24. The molecule has 23 heavy (non-hydrogen) atoms. The molecule has 2 aromatic rings. The lowest BCUT2D eigenvalue weighted by atomic mass is 9.89. The molecule has 0 bridgehead atoms. The number of benzene rings is 1. The molecule has 1 aromatic heterocycles. The Hall–Kier alpha value is -2.25. The van der Waals surface area contributed by atoms with Crippen molar-refractivity contribution in [1.29, 1.82) is 0 Å². The lowest BCUT2D eigenvalue weighted by molar-refractivity contribution is -0.389. The van der Waals surface area contributed by atoms with Crippen molar-refractivity contribution in [3.05, 3.63) is 58.0 Å². The van der Waals surface area contributed by atoms with Crippen LogP contribution in [0.15, 0.2) is 36.8 Å². The Morgan fingerprint density at radius 1 is 1.48 bits per heavy atom. The fraction of sp³-hybridized carbons (Fsp3) is 0.438. The van der Waals surface area contributed by atoms with Crippen LogP contribution in [-0.4, -0.2) is 32.3 Å². The van der Waals surface area contributed by atoms with Crippen molar-refractivity contribution in [2.45, 2.75) is 38.0 Å². The van der Waals surface area contributed by atoms with Gasteiger partial charge in [-0.05, 0) is 40.3 Å². The van der Waals surface area contributed by atoms with Crippen LogP contribution < -0.4 is 0 Å². The first kappa shape index (κ1) is 15.6. The second-order valence-corrected chi connectivity index (χ2v) is 5.75. The number of aromatic nitrogens is 2. The maximum absolute atomic E-state index is 10.6. The summed E-state index contributed by atoms with van der Waals surface area (Å²) in [7, 11) is 0. The predicted molar refractivity (Wildman–Crippen MR) is 83.0 cm³/mol. The zero-order valence-electron chi connectivity index (χ0n) is 12.7. The molecule has 7 heteroatoms. The van der Waals surface area contributed by atoms with Gasteiger partial charge in [0.05, 0.1) is 25.4 Å². The molecule has 1 N–H and O–H groups in total. The van der Waals surface area contributed by atoms with Crippen molar-refractivity contribution in [3.8, 4) is 0 Å². The minimum atomic E-state index is -0.738. The summed E-state index contributed by atoms with van der Waals surface area (Å²) in [6, 6.07) is 8.22. The van der Waals surface area contributed by atoms with Gasteiger partial charge in [0.1, 0.15) is 6.20 Å². The fourth-order valence-electron chi connectivity index (χ4n) is 2.95. The number of aliphatic hydroxyl groups is 1. The van der Waals surface area contributed by atoms with E-state index in [9.17, 15) is 15.2 Å². The van der Waals surface area contributed by atoms with E-state index in [0.29, 0.717) is 0 Å². The van der Waals surface area contributed by atoms with Crippen LogP contribution in [0.25, 0.3) is 0 Å². The first-order chi connectivity index (χ1) is 11.1. The van der Waals surface area contributed by atoms with Crippen LogP contribution in [0.5, 0.6) is 0 Å². The second kappa shape index (κ2) is 6.89. The average Bonchev–Trinajstić information content (AvgIpc) is 3.01. The number of fused-ring (bicyclic) bond motifs is 1. The number of imidazole rings is 1. The highest BCUT2D eigenvalue weighted by Gasteiger charge is 2.21. The molecular formula is C16H19N3O4. The van der Waals surface area contributed by atoms with Crippen molar-refractivity contribution in [2.75, 3.05) is 6.61 Å². The van der Waals surface area contributed by atoms with Crippen molar-refractivity contribution in [3.63, 3.8) is 0 Å². The first-order valence-electron chi connectivity index (χ1n) is 7.67. The number of nitro groups is 1. The molecule has 1 aromatic carbocycles. The number of ether oxygens (including phenoxy) is 1. The van der Waals surface area contributed by atoms with Crippen LogP contribution in [-0.2, 0) is 17.7 Å². The molecule has 2 atom stereocenters. The molecule has 1 aliphatic carbocycles. The Labute approximate surface area is 133 Å². The molecule has 0 radical (unpaired) electrons. The Kier molecular flexibility index (Phi) is 4.68. The Bertz CT molecular complexity index is 685. The molecule has 0 unspecified atom stereocenters. The Balaban J connectivity index is 1.55. The minimum absolute atomic E-state index is 0.00623. The van der Waals surface area contributed by atoms with Gasteiger partial charge in [0.15, 0.2) is 0 Å². The predicted octanol–water partition coefficient (Wildman–Crippen LogP) is 2.25. The molecule has 7 nitrogen and oxygen atoms in total. The van der Waals surface area contributed by atoms with Crippen molar-refractivity contribution < 1.29 is 14.8 Å². The van der Waals surface area contributed by atoms with Crippen molar-refractivity contribution in [1.82, 2.24) is 9.55 Å². The fourth-order valence-corrected chi connectivity index (χ4v) is 2.95. The van der Waals surface area contributed by atoms with Gasteiger partial charge in [-0.1, -0.05) is 24.3 Å². The molecule has 0 saturated carbocycles. The number of rotatable bonds is 6. The van der Waals surface area contributed by atoms with Gasteiger partial charge in [0.2, 0.25) is 6.33 Å². The van der Waals surface area contributed by atoms with E-state index in [4.69, 9.17) is 4.74 Å². The van der Waals surface area contributed by atoms with Gasteiger partial charge in [0.25, 0.3) is 0 Å². The molecule has 3 rings (SSSR count). The molecule has 0 aliphatic heterocycles. The molecule has 1 aliphatic rings. The van der Waals surface area contributed by atoms with E-state index in [1.807, 2.05) is 12.1 Å². The van der Waals surface area contributed by atoms with Crippen molar-refractivity contribution in [2.24, 2.45) is 0 Å². The second-order valence-electron chi connectivity index (χ2n) is 5.75. The van der Waals surface area contributed by atoms with Gasteiger partial charge in [-0.2, -0.15) is 0 Å². The number of aryl methyl sites for hydroxylation is 1. The molecule has 1 heterocycles. The quantitative estimate of drug-likeness (QED) is 0.652. The summed E-state index contributed by atoms with van der Waals surface area (Å²) < 4.78 is 7.38. The zero-order valence-corrected chi connectivity index (χ0v) is 12.7. The van der Waals surface area contributed by atoms with E-state index in [0.717, 1.165) is 19.3 Å². The highest BCUT2D eigenvalue weighted by molar-refractivity contribution is 5.31. The molecular weight excluding hydrogens is 298 g/mol. The summed E-state index contributed by atoms with van der Waals surface area (Å²) >= 11 is 0. The summed E-state index contributed by atoms with van der Waals surface area (Å²) in [6.45, 7) is 0.403. The number of hydrogen-bond donors (Lipinski definition) is 1. The molecule has 0 amide bonds. The van der Waals surface area contributed by atoms with Crippen LogP contribution in [0.2, 0.25) is 0 Å². The normalized spacial score (nSPS) is 18.4. The molecule has 0 fully saturated rings. The van der Waals surface area contributed by atoms with E-state index in [-0.39, 0.29) is 25.1 Å². The lowest BCUT2D eigenvalue weighted by Gasteiger charge is -2.26. The summed E-state index contributed by atoms with van der Waals surface area (Å²) in [5, 5.41) is 20.7. The van der Waals surface area contributed by atoms with Crippen molar-refractivity contribution >= 4 is 5.82 Å². The number of aliphatic hydroxyl groups excluding tert-OH is 1. The van der Waals surface area contributed by atoms with Crippen LogP contribution in [0.3, 0.4) is 0 Å². The van der Waals surface area contributed by atoms with Crippen LogP contribution in [0.4, 0.5) is 5.82 Å². The van der Waals surface area contributed by atoms with E-state index in [1.165, 1.54) is 28.2 Å². The van der Waals surface area contributed by atoms with E-state index < -0.39 is 11.0 Å². The first-order valence-corrected chi connectivity index (χ1v) is 7.67. The molecule has 122 valence electrons. The van der Waals surface area contributed by atoms with Gasteiger partial charge in [-0.25, -0.2) is 0 Å². The average molecular weight is 317 g/mol. The van der Waals surface area contributed by atoms with Gasteiger partial charge >= 0.3 is 5.82 Å². The van der Waals surface area contributed by atoms with Crippen LogP contribution in [0.1, 0.15) is 30.1 Å². The molecule has 0 spiro atoms. The number of nitrogens with zero attached hydrogens (tertiary/aromatic N) is 3. The van der Waals surface area contributed by atoms with Gasteiger partial charge in [-0.3, -0.25) is 0 Å². The SMILES string of the molecule is O=[N+]([O-])c1cn(C[C@@H](O)CO[C@@H]2CCCc3ccccc32)cn1. The zero-order chi connectivity index (χ0) is 16.2. The summed E-state index contributed by atoms with van der Waals surface area (Å²) in [6.07, 6.45) is 5.00. The minimum Gasteiger partial charge on any atom is -0.389 e. The van der Waals surface area contributed by atoms with Crippen LogP contribution >= 0.6 is 0 Å². The van der Waals surface area contributed by atoms with Gasteiger partial charge in [0, 0.05) is 0 Å². The third-order valence-corrected chi connectivity index (χ3v) is 4.03. The summed E-state index contributed by atoms with van der Waals surface area (Å²) in [5.74, 6) is -0.223. The largest absolute Gasteiger partial charge is 0.389 e. The van der Waals surface area contributed by atoms with Gasteiger partial charge in [-0.15, -0.1) is 0 Å². The third-order valence-electron chi connectivity index (χ3n) is 4.03. The highest BCUT2D eigenvalue weighted by Crippen LogP contribution is 2.32. The van der Waals surface area contributed by atoms with E-state index in [2.05, 4.69) is 17.1 Å². The highest BCUT2D eigenvalue weighted by atomic mass is 16.6. The number of hydrogen-bond acceptors (Lipinski definition) is 5. The summed E-state index contributed by atoms with van der Waals surface area (Å²) in [4.78, 5) is 13.7.